The van der Waals surface area contributed by atoms with Crippen LogP contribution in [0.15, 0.2) is 0 Å². The van der Waals surface area contributed by atoms with Gasteiger partial charge in [-0.1, -0.05) is 6.92 Å². The molecule has 2 aliphatic rings. The zero-order valence-electron chi connectivity index (χ0n) is 11.8. The first-order chi connectivity index (χ1) is 9.30. The fraction of sp³-hybridized carbons (Fsp3) is 0.923. The van der Waals surface area contributed by atoms with E-state index in [1.165, 1.54) is 4.90 Å². The van der Waals surface area contributed by atoms with Gasteiger partial charge in [0.1, 0.15) is 0 Å². The summed E-state index contributed by atoms with van der Waals surface area (Å²) in [5.41, 5.74) is -0.350. The van der Waals surface area contributed by atoms with E-state index in [2.05, 4.69) is 5.32 Å². The van der Waals surface area contributed by atoms with Crippen molar-refractivity contribution in [3.05, 3.63) is 0 Å². The van der Waals surface area contributed by atoms with Crippen LogP contribution in [0.3, 0.4) is 0 Å². The zero-order valence-corrected chi connectivity index (χ0v) is 11.8. The summed E-state index contributed by atoms with van der Waals surface area (Å²) in [6.07, 6.45) is -2.56. The van der Waals surface area contributed by atoms with Gasteiger partial charge in [0, 0.05) is 31.6 Å². The van der Waals surface area contributed by atoms with E-state index in [1.807, 2.05) is 6.92 Å². The monoisotopic (exact) mass is 293 g/mol. The maximum absolute atomic E-state index is 12.5. The fourth-order valence-electron chi connectivity index (χ4n) is 2.94. The van der Waals surface area contributed by atoms with Crippen molar-refractivity contribution < 1.29 is 18.0 Å². The van der Waals surface area contributed by atoms with Crippen LogP contribution in [0.2, 0.25) is 0 Å². The number of amides is 1. The smallest absolute Gasteiger partial charge is 0.340 e. The lowest BCUT2D eigenvalue weighted by Gasteiger charge is -2.41. The van der Waals surface area contributed by atoms with Gasteiger partial charge in [-0.2, -0.15) is 13.2 Å². The highest BCUT2D eigenvalue weighted by molar-refractivity contribution is 5.82. The van der Waals surface area contributed by atoms with E-state index < -0.39 is 12.7 Å². The van der Waals surface area contributed by atoms with Gasteiger partial charge >= 0.3 is 6.18 Å². The molecule has 0 spiro atoms. The number of piperidine rings is 1. The number of hydrogen-bond acceptors (Lipinski definition) is 3. The molecular weight excluding hydrogens is 271 g/mol. The third kappa shape index (κ3) is 3.85. The van der Waals surface area contributed by atoms with Crippen molar-refractivity contribution in [1.29, 1.82) is 0 Å². The second-order valence-corrected chi connectivity index (χ2v) is 5.99. The van der Waals surface area contributed by atoms with Crippen LogP contribution in [0, 0.1) is 5.41 Å². The molecule has 2 rings (SSSR count). The van der Waals surface area contributed by atoms with Crippen LogP contribution in [-0.4, -0.2) is 67.7 Å². The second-order valence-electron chi connectivity index (χ2n) is 5.99. The Labute approximate surface area is 117 Å². The van der Waals surface area contributed by atoms with Crippen LogP contribution in [0.1, 0.15) is 19.8 Å². The van der Waals surface area contributed by atoms with Gasteiger partial charge in [-0.15, -0.1) is 0 Å². The average Bonchev–Trinajstić information content (AvgIpc) is 2.38. The topological polar surface area (TPSA) is 35.6 Å². The van der Waals surface area contributed by atoms with E-state index in [-0.39, 0.29) is 11.3 Å². The molecule has 2 aliphatic heterocycles. The van der Waals surface area contributed by atoms with Crippen LogP contribution in [-0.2, 0) is 4.79 Å². The Bertz CT molecular complexity index is 345. The van der Waals surface area contributed by atoms with E-state index in [4.69, 9.17) is 0 Å². The van der Waals surface area contributed by atoms with Crippen molar-refractivity contribution >= 4 is 5.91 Å². The number of halogens is 3. The highest BCUT2D eigenvalue weighted by Gasteiger charge is 2.39. The quantitative estimate of drug-likeness (QED) is 0.827. The fourth-order valence-corrected chi connectivity index (χ4v) is 2.94. The molecule has 0 atom stereocenters. The summed E-state index contributed by atoms with van der Waals surface area (Å²) in [7, 11) is 0. The summed E-state index contributed by atoms with van der Waals surface area (Å²) in [5.74, 6) is 0.102. The Morgan fingerprint density at radius 2 is 1.70 bits per heavy atom. The molecule has 0 unspecified atom stereocenters. The standard InChI is InChI=1S/C13H22F3N3O/c1-12(2-4-17-5-3-12)11(20)19-8-6-18(7-9-19)10-13(14,15)16/h17H,2-10H2,1H3. The first-order valence-corrected chi connectivity index (χ1v) is 7.09. The van der Waals surface area contributed by atoms with Crippen LogP contribution in [0.25, 0.3) is 0 Å². The molecule has 1 amide bonds. The normalized spacial score (nSPS) is 24.7. The number of nitrogens with one attached hydrogen (secondary N) is 1. The number of rotatable bonds is 2. The molecule has 2 heterocycles. The summed E-state index contributed by atoms with van der Waals surface area (Å²) in [5, 5.41) is 3.23. The van der Waals surface area contributed by atoms with E-state index >= 15 is 0 Å². The Morgan fingerprint density at radius 3 is 2.20 bits per heavy atom. The molecule has 0 radical (unpaired) electrons. The minimum absolute atomic E-state index is 0.102. The number of nitrogens with zero attached hydrogens (tertiary/aromatic N) is 2. The second kappa shape index (κ2) is 5.89. The Balaban J connectivity index is 1.85. The highest BCUT2D eigenvalue weighted by atomic mass is 19.4. The van der Waals surface area contributed by atoms with Gasteiger partial charge in [-0.3, -0.25) is 9.69 Å². The molecule has 0 bridgehead atoms. The molecule has 1 N–H and O–H groups in total. The van der Waals surface area contributed by atoms with Crippen molar-refractivity contribution in [3.63, 3.8) is 0 Å². The maximum Gasteiger partial charge on any atom is 0.401 e. The van der Waals surface area contributed by atoms with Crippen LogP contribution >= 0.6 is 0 Å². The zero-order chi connectivity index (χ0) is 14.8. The van der Waals surface area contributed by atoms with Gasteiger partial charge in [0.2, 0.25) is 5.91 Å². The molecule has 0 aromatic rings. The first-order valence-electron chi connectivity index (χ1n) is 7.09. The Morgan fingerprint density at radius 1 is 1.15 bits per heavy atom. The number of hydrogen-bond donors (Lipinski definition) is 1. The first kappa shape index (κ1) is 15.6. The van der Waals surface area contributed by atoms with Gasteiger partial charge < -0.3 is 10.2 Å². The van der Waals surface area contributed by atoms with Crippen LogP contribution < -0.4 is 5.32 Å². The number of carbonyl (C=O) groups is 1. The molecule has 20 heavy (non-hydrogen) atoms. The molecule has 116 valence electrons. The molecule has 2 saturated heterocycles. The van der Waals surface area contributed by atoms with E-state index in [1.54, 1.807) is 4.90 Å². The van der Waals surface area contributed by atoms with Gasteiger partial charge in [0.25, 0.3) is 0 Å². The minimum atomic E-state index is -4.16. The highest BCUT2D eigenvalue weighted by Crippen LogP contribution is 2.31. The van der Waals surface area contributed by atoms with Crippen molar-refractivity contribution in [2.75, 3.05) is 45.8 Å². The Kier molecular flexibility index (Phi) is 4.59. The summed E-state index contributed by atoms with van der Waals surface area (Å²) < 4.78 is 37.0. The minimum Gasteiger partial charge on any atom is -0.340 e. The predicted octanol–water partition coefficient (Wildman–Crippen LogP) is 1.08. The molecule has 0 saturated carbocycles. The lowest BCUT2D eigenvalue weighted by Crippen LogP contribution is -2.55. The average molecular weight is 293 g/mol. The lowest BCUT2D eigenvalue weighted by molar-refractivity contribution is -0.155. The van der Waals surface area contributed by atoms with Gasteiger partial charge in [0.05, 0.1) is 6.54 Å². The van der Waals surface area contributed by atoms with Crippen LogP contribution in [0.4, 0.5) is 13.2 Å². The molecule has 0 aromatic heterocycles. The SMILES string of the molecule is CC1(C(=O)N2CCN(CC(F)(F)F)CC2)CCNCC1. The van der Waals surface area contributed by atoms with Crippen molar-refractivity contribution in [1.82, 2.24) is 15.1 Å². The molecule has 7 heteroatoms. The maximum atomic E-state index is 12.5. The number of piperazine rings is 1. The van der Waals surface area contributed by atoms with Gasteiger partial charge in [-0.05, 0) is 25.9 Å². The number of alkyl halides is 3. The van der Waals surface area contributed by atoms with E-state index in [0.717, 1.165) is 25.9 Å². The van der Waals surface area contributed by atoms with Crippen molar-refractivity contribution in [3.8, 4) is 0 Å². The summed E-state index contributed by atoms with van der Waals surface area (Å²) in [4.78, 5) is 15.6. The van der Waals surface area contributed by atoms with Crippen molar-refractivity contribution in [2.45, 2.75) is 25.9 Å². The molecular formula is C13H22F3N3O. The number of carbonyl (C=O) groups excluding carboxylic acids is 1. The molecule has 0 aliphatic carbocycles. The Hall–Kier alpha value is -0.820. The predicted molar refractivity (Wildman–Crippen MR) is 69.3 cm³/mol. The van der Waals surface area contributed by atoms with Crippen LogP contribution in [0.5, 0.6) is 0 Å². The van der Waals surface area contributed by atoms with Gasteiger partial charge in [-0.25, -0.2) is 0 Å². The van der Waals surface area contributed by atoms with E-state index in [0.29, 0.717) is 26.2 Å². The third-order valence-electron chi connectivity index (χ3n) is 4.29. The summed E-state index contributed by atoms with van der Waals surface area (Å²) >= 11 is 0. The van der Waals surface area contributed by atoms with Gasteiger partial charge in [0.15, 0.2) is 0 Å². The molecule has 2 fully saturated rings. The van der Waals surface area contributed by atoms with Crippen molar-refractivity contribution in [2.24, 2.45) is 5.41 Å². The molecule has 0 aromatic carbocycles. The molecule has 4 nitrogen and oxygen atoms in total. The largest absolute Gasteiger partial charge is 0.401 e. The summed E-state index contributed by atoms with van der Waals surface area (Å²) in [6, 6.07) is 0. The van der Waals surface area contributed by atoms with E-state index in [9.17, 15) is 18.0 Å². The lowest BCUT2D eigenvalue weighted by atomic mass is 9.79. The summed E-state index contributed by atoms with van der Waals surface area (Å²) in [6.45, 7) is 4.16. The third-order valence-corrected chi connectivity index (χ3v) is 4.29.